The molecule has 8 nitrogen and oxygen atoms in total. The molecule has 3 aromatic rings. The van der Waals surface area contributed by atoms with Gasteiger partial charge < -0.3 is 9.32 Å². The van der Waals surface area contributed by atoms with Crippen molar-refractivity contribution in [1.29, 1.82) is 5.26 Å². The summed E-state index contributed by atoms with van der Waals surface area (Å²) in [6, 6.07) is 13.2. The highest BCUT2D eigenvalue weighted by Gasteiger charge is 2.23. The second kappa shape index (κ2) is 10.0. The van der Waals surface area contributed by atoms with Gasteiger partial charge >= 0.3 is 0 Å². The van der Waals surface area contributed by atoms with Crippen LogP contribution in [0.3, 0.4) is 0 Å². The summed E-state index contributed by atoms with van der Waals surface area (Å²) in [5.74, 6) is -1.24. The first-order valence-corrected chi connectivity index (χ1v) is 12.0. The van der Waals surface area contributed by atoms with Crippen LogP contribution in [-0.2, 0) is 23.0 Å². The van der Waals surface area contributed by atoms with Crippen LogP contribution >= 0.6 is 11.6 Å². The van der Waals surface area contributed by atoms with Gasteiger partial charge in [-0.1, -0.05) is 29.8 Å². The molecule has 0 saturated heterocycles. The summed E-state index contributed by atoms with van der Waals surface area (Å²) >= 11 is 6.19. The van der Waals surface area contributed by atoms with Gasteiger partial charge in [0, 0.05) is 18.1 Å². The Morgan fingerprint density at radius 1 is 1.27 bits per heavy atom. The van der Waals surface area contributed by atoms with Crippen molar-refractivity contribution in [3.63, 3.8) is 0 Å². The number of sulfonamides is 1. The lowest BCUT2D eigenvalue weighted by molar-refractivity contribution is 0.0976. The molecule has 0 bridgehead atoms. The fourth-order valence-corrected chi connectivity index (χ4v) is 3.71. The summed E-state index contributed by atoms with van der Waals surface area (Å²) in [6.45, 7) is 2.08. The Morgan fingerprint density at radius 3 is 2.58 bits per heavy atom. The number of rotatable bonds is 8. The van der Waals surface area contributed by atoms with Crippen molar-refractivity contribution in [1.82, 2.24) is 9.71 Å². The molecule has 1 N–H and O–H groups in total. The summed E-state index contributed by atoms with van der Waals surface area (Å²) < 4.78 is 43.8. The lowest BCUT2D eigenvalue weighted by Crippen LogP contribution is -2.30. The van der Waals surface area contributed by atoms with Crippen LogP contribution in [0.15, 0.2) is 46.9 Å². The maximum absolute atomic E-state index is 13.5. The normalized spacial score (nSPS) is 11.1. The number of nitriles is 1. The minimum absolute atomic E-state index is 0.0835. The van der Waals surface area contributed by atoms with Crippen molar-refractivity contribution in [2.45, 2.75) is 19.9 Å². The number of carbonyl (C=O) groups excluding carboxylic acids is 1. The molecule has 0 aliphatic rings. The zero-order chi connectivity index (χ0) is 24.2. The highest BCUT2D eigenvalue weighted by molar-refractivity contribution is 7.89. The van der Waals surface area contributed by atoms with Crippen LogP contribution in [0.5, 0.6) is 0 Å². The van der Waals surface area contributed by atoms with Gasteiger partial charge in [-0.15, -0.1) is 0 Å². The molecule has 1 amide bonds. The first-order valence-electron chi connectivity index (χ1n) is 9.73. The molecule has 0 aliphatic heterocycles. The first kappa shape index (κ1) is 24.2. The van der Waals surface area contributed by atoms with Gasteiger partial charge in [-0.3, -0.25) is 4.79 Å². The van der Waals surface area contributed by atoms with Crippen LogP contribution in [0.4, 0.5) is 10.4 Å². The Balaban J connectivity index is 1.89. The number of aryl methyl sites for hydroxylation is 1. The third-order valence-corrected chi connectivity index (χ3v) is 5.59. The van der Waals surface area contributed by atoms with Crippen LogP contribution in [-0.4, -0.2) is 32.1 Å². The molecular formula is C22H20ClFN4O4S. The molecule has 33 heavy (non-hydrogen) atoms. The molecular weight excluding hydrogens is 471 g/mol. The lowest BCUT2D eigenvalue weighted by Gasteiger charge is -2.21. The summed E-state index contributed by atoms with van der Waals surface area (Å²) in [6.07, 6.45) is 1.40. The Bertz CT molecular complexity index is 1320. The van der Waals surface area contributed by atoms with Crippen LogP contribution in [0.25, 0.3) is 0 Å². The topological polar surface area (TPSA) is 116 Å². The zero-order valence-corrected chi connectivity index (χ0v) is 19.4. The summed E-state index contributed by atoms with van der Waals surface area (Å²) in [4.78, 5) is 18.2. The highest BCUT2D eigenvalue weighted by Crippen LogP contribution is 2.25. The van der Waals surface area contributed by atoms with E-state index in [2.05, 4.69) is 11.1 Å². The molecule has 1 aromatic heterocycles. The van der Waals surface area contributed by atoms with Crippen LogP contribution < -0.4 is 9.62 Å². The fourth-order valence-electron chi connectivity index (χ4n) is 3.05. The second-order valence-electron chi connectivity index (χ2n) is 7.32. The zero-order valence-electron chi connectivity index (χ0n) is 17.8. The predicted molar refractivity (Wildman–Crippen MR) is 121 cm³/mol. The van der Waals surface area contributed by atoms with E-state index in [1.165, 1.54) is 19.1 Å². The lowest BCUT2D eigenvalue weighted by atomic mass is 10.1. The number of hydrogen-bond acceptors (Lipinski definition) is 7. The monoisotopic (exact) mass is 490 g/mol. The van der Waals surface area contributed by atoms with Crippen LogP contribution in [0.1, 0.15) is 32.9 Å². The number of amides is 1. The SMILES string of the molecule is Cc1oc(N(CCc2ccc(C#N)cc2)Cc2ccc(F)cc2Cl)nc1C(=O)NS(C)(=O)=O. The van der Waals surface area contributed by atoms with Gasteiger partial charge in [-0.25, -0.2) is 17.5 Å². The molecule has 2 aromatic carbocycles. The molecule has 0 fully saturated rings. The molecule has 0 saturated carbocycles. The van der Waals surface area contributed by atoms with E-state index in [0.717, 1.165) is 11.8 Å². The van der Waals surface area contributed by atoms with E-state index in [-0.39, 0.29) is 29.0 Å². The van der Waals surface area contributed by atoms with E-state index < -0.39 is 21.7 Å². The van der Waals surface area contributed by atoms with Crippen LogP contribution in [0.2, 0.25) is 5.02 Å². The van der Waals surface area contributed by atoms with E-state index in [9.17, 15) is 17.6 Å². The van der Waals surface area contributed by atoms with Crippen molar-refractivity contribution >= 4 is 33.5 Å². The Morgan fingerprint density at radius 2 is 1.97 bits per heavy atom. The molecule has 3 rings (SSSR count). The van der Waals surface area contributed by atoms with Gasteiger partial charge in [0.05, 0.1) is 17.9 Å². The number of nitrogens with zero attached hydrogens (tertiary/aromatic N) is 3. The molecule has 0 unspecified atom stereocenters. The minimum Gasteiger partial charge on any atom is -0.428 e. The second-order valence-corrected chi connectivity index (χ2v) is 9.48. The predicted octanol–water partition coefficient (Wildman–Crippen LogP) is 3.59. The fraction of sp³-hybridized carbons (Fsp3) is 0.227. The molecule has 172 valence electrons. The number of nitrogens with one attached hydrogen (secondary N) is 1. The smallest absolute Gasteiger partial charge is 0.298 e. The number of hydrogen-bond donors (Lipinski definition) is 1. The standard InChI is InChI=1S/C22H20ClFN4O4S/c1-14-20(21(29)27-33(2,30)31)26-22(32-14)28(13-17-7-8-18(24)11-19(17)23)10-9-15-3-5-16(12-25)6-4-15/h3-8,11H,9-10,13H2,1-2H3,(H,27,29). The molecule has 0 aliphatic carbocycles. The van der Waals surface area contributed by atoms with Crippen molar-refractivity contribution in [3.05, 3.63) is 81.4 Å². The minimum atomic E-state index is -3.78. The van der Waals surface area contributed by atoms with Gasteiger partial charge in [0.1, 0.15) is 11.6 Å². The largest absolute Gasteiger partial charge is 0.428 e. The Labute approximate surface area is 195 Å². The van der Waals surface area contributed by atoms with Crippen LogP contribution in [0, 0.1) is 24.1 Å². The molecule has 0 radical (unpaired) electrons. The quantitative estimate of drug-likeness (QED) is 0.512. The molecule has 1 heterocycles. The third-order valence-electron chi connectivity index (χ3n) is 4.68. The van der Waals surface area contributed by atoms with E-state index in [4.69, 9.17) is 21.3 Å². The number of halogens is 2. The average molecular weight is 491 g/mol. The first-order chi connectivity index (χ1) is 15.6. The Kier molecular flexibility index (Phi) is 7.36. The molecule has 11 heteroatoms. The van der Waals surface area contributed by atoms with Gasteiger partial charge in [0.25, 0.3) is 11.9 Å². The number of oxazole rings is 1. The van der Waals surface area contributed by atoms with Gasteiger partial charge in [-0.2, -0.15) is 10.2 Å². The van der Waals surface area contributed by atoms with Crippen molar-refractivity contribution < 1.29 is 22.0 Å². The van der Waals surface area contributed by atoms with Crippen molar-refractivity contribution in [2.75, 3.05) is 17.7 Å². The highest BCUT2D eigenvalue weighted by atomic mass is 35.5. The van der Waals surface area contributed by atoms with Crippen molar-refractivity contribution in [2.24, 2.45) is 0 Å². The molecule has 0 atom stereocenters. The number of benzene rings is 2. The third kappa shape index (κ3) is 6.54. The number of aromatic nitrogens is 1. The van der Waals surface area contributed by atoms with Gasteiger partial charge in [0.15, 0.2) is 5.69 Å². The van der Waals surface area contributed by atoms with E-state index >= 15 is 0 Å². The number of carbonyl (C=O) groups is 1. The average Bonchev–Trinajstić information content (AvgIpc) is 3.13. The molecule has 0 spiro atoms. The summed E-state index contributed by atoms with van der Waals surface area (Å²) in [7, 11) is -3.78. The van der Waals surface area contributed by atoms with E-state index in [1.807, 2.05) is 16.9 Å². The van der Waals surface area contributed by atoms with Gasteiger partial charge in [0.2, 0.25) is 10.0 Å². The maximum Gasteiger partial charge on any atom is 0.298 e. The van der Waals surface area contributed by atoms with Gasteiger partial charge in [-0.05, 0) is 48.7 Å². The maximum atomic E-state index is 13.5. The van der Waals surface area contributed by atoms with Crippen molar-refractivity contribution in [3.8, 4) is 6.07 Å². The van der Waals surface area contributed by atoms with E-state index in [0.29, 0.717) is 24.1 Å². The van der Waals surface area contributed by atoms with E-state index in [1.54, 1.807) is 23.1 Å². The summed E-state index contributed by atoms with van der Waals surface area (Å²) in [5.41, 5.74) is 1.93. The number of anilines is 1. The Hall–Kier alpha value is -3.42. The summed E-state index contributed by atoms with van der Waals surface area (Å²) in [5, 5.41) is 9.18.